The van der Waals surface area contributed by atoms with Crippen LogP contribution < -0.4 is 10.1 Å². The Morgan fingerprint density at radius 2 is 2.16 bits per heavy atom. The average molecular weight is 344 g/mol. The number of amides is 1. The molecule has 132 valence electrons. The van der Waals surface area contributed by atoms with Crippen LogP contribution in [0.2, 0.25) is 0 Å². The molecule has 0 spiro atoms. The molecule has 25 heavy (non-hydrogen) atoms. The third kappa shape index (κ3) is 4.51. The number of methoxy groups -OCH3 is 1. The van der Waals surface area contributed by atoms with Gasteiger partial charge in [0.05, 0.1) is 13.3 Å². The van der Waals surface area contributed by atoms with E-state index in [1.54, 1.807) is 6.07 Å². The molecule has 0 bridgehead atoms. The topological polar surface area (TPSA) is 67.3 Å². The summed E-state index contributed by atoms with van der Waals surface area (Å²) in [5.41, 5.74) is 1.25. The molecule has 1 aromatic heterocycles. The quantitative estimate of drug-likeness (QED) is 0.899. The molecule has 7 heteroatoms. The smallest absolute Gasteiger partial charge is 0.271 e. The molecule has 2 heterocycles. The van der Waals surface area contributed by atoms with E-state index in [1.165, 1.54) is 31.8 Å². The van der Waals surface area contributed by atoms with Crippen LogP contribution in [0.4, 0.5) is 4.39 Å². The van der Waals surface area contributed by atoms with Crippen LogP contribution in [0.5, 0.6) is 5.75 Å². The van der Waals surface area contributed by atoms with Crippen LogP contribution in [-0.4, -0.2) is 47.0 Å². The van der Waals surface area contributed by atoms with E-state index in [1.807, 2.05) is 6.07 Å². The first-order chi connectivity index (χ1) is 12.2. The lowest BCUT2D eigenvalue weighted by atomic mass is 10.0. The lowest BCUT2D eigenvalue weighted by Gasteiger charge is -2.32. The fourth-order valence-electron chi connectivity index (χ4n) is 2.98. The van der Waals surface area contributed by atoms with Gasteiger partial charge in [-0.05, 0) is 30.5 Å². The maximum Gasteiger partial charge on any atom is 0.271 e. The zero-order valence-electron chi connectivity index (χ0n) is 14.1. The van der Waals surface area contributed by atoms with Gasteiger partial charge in [-0.25, -0.2) is 9.37 Å². The van der Waals surface area contributed by atoms with Gasteiger partial charge in [0.2, 0.25) is 0 Å². The zero-order chi connectivity index (χ0) is 17.6. The van der Waals surface area contributed by atoms with Crippen LogP contribution in [0.1, 0.15) is 28.9 Å². The number of nitrogens with zero attached hydrogens (tertiary/aromatic N) is 3. The standard InChI is InChI=1S/C18H21FN4O2/c1-25-17-3-2-13(10-15(17)19)12-23-8-4-14(5-9-23)22-18(24)16-11-20-6-7-21-16/h2-3,6-7,10-11,14H,4-5,8-9,12H2,1H3,(H,22,24). The Morgan fingerprint density at radius 1 is 1.36 bits per heavy atom. The van der Waals surface area contributed by atoms with Crippen LogP contribution in [-0.2, 0) is 6.54 Å². The molecule has 1 N–H and O–H groups in total. The summed E-state index contributed by atoms with van der Waals surface area (Å²) in [6.45, 7) is 2.38. The highest BCUT2D eigenvalue weighted by Gasteiger charge is 2.22. The lowest BCUT2D eigenvalue weighted by molar-refractivity contribution is 0.0903. The second kappa shape index (κ2) is 8.02. The summed E-state index contributed by atoms with van der Waals surface area (Å²) in [7, 11) is 1.46. The van der Waals surface area contributed by atoms with E-state index in [9.17, 15) is 9.18 Å². The Labute approximate surface area is 146 Å². The Morgan fingerprint density at radius 3 is 2.80 bits per heavy atom. The van der Waals surface area contributed by atoms with E-state index in [-0.39, 0.29) is 23.5 Å². The van der Waals surface area contributed by atoms with Gasteiger partial charge < -0.3 is 10.1 Å². The first kappa shape index (κ1) is 17.3. The van der Waals surface area contributed by atoms with Crippen molar-refractivity contribution in [1.29, 1.82) is 0 Å². The van der Waals surface area contributed by atoms with Crippen molar-refractivity contribution in [3.63, 3.8) is 0 Å². The number of hydrogen-bond acceptors (Lipinski definition) is 5. The number of likely N-dealkylation sites (tertiary alicyclic amines) is 1. The normalized spacial score (nSPS) is 15.8. The van der Waals surface area contributed by atoms with Crippen molar-refractivity contribution >= 4 is 5.91 Å². The summed E-state index contributed by atoms with van der Waals surface area (Å²) in [5, 5.41) is 3.00. The van der Waals surface area contributed by atoms with E-state index >= 15 is 0 Å². The van der Waals surface area contributed by atoms with E-state index < -0.39 is 0 Å². The van der Waals surface area contributed by atoms with Crippen molar-refractivity contribution < 1.29 is 13.9 Å². The van der Waals surface area contributed by atoms with Gasteiger partial charge in [0.15, 0.2) is 11.6 Å². The molecule has 1 aliphatic rings. The monoisotopic (exact) mass is 344 g/mol. The second-order valence-corrected chi connectivity index (χ2v) is 6.08. The van der Waals surface area contributed by atoms with Gasteiger partial charge in [0, 0.05) is 38.1 Å². The molecular formula is C18H21FN4O2. The van der Waals surface area contributed by atoms with Crippen LogP contribution in [0.25, 0.3) is 0 Å². The maximum absolute atomic E-state index is 13.8. The van der Waals surface area contributed by atoms with Gasteiger partial charge >= 0.3 is 0 Å². The number of carbonyl (C=O) groups excluding carboxylic acids is 1. The van der Waals surface area contributed by atoms with E-state index in [2.05, 4.69) is 20.2 Å². The summed E-state index contributed by atoms with van der Waals surface area (Å²) in [4.78, 5) is 22.3. The van der Waals surface area contributed by atoms with Crippen molar-refractivity contribution in [3.05, 3.63) is 53.9 Å². The van der Waals surface area contributed by atoms with Crippen molar-refractivity contribution in [2.45, 2.75) is 25.4 Å². The molecule has 0 unspecified atom stereocenters. The summed E-state index contributed by atoms with van der Waals surface area (Å²) in [6.07, 6.45) is 6.21. The second-order valence-electron chi connectivity index (χ2n) is 6.08. The number of piperidine rings is 1. The first-order valence-electron chi connectivity index (χ1n) is 8.27. The molecule has 3 rings (SSSR count). The fourth-order valence-corrected chi connectivity index (χ4v) is 2.98. The van der Waals surface area contributed by atoms with E-state index in [4.69, 9.17) is 4.74 Å². The Hall–Kier alpha value is -2.54. The number of hydrogen-bond donors (Lipinski definition) is 1. The van der Waals surface area contributed by atoms with Crippen LogP contribution in [0, 0.1) is 5.82 Å². The molecule has 1 aromatic carbocycles. The molecule has 1 fully saturated rings. The maximum atomic E-state index is 13.8. The molecule has 0 saturated carbocycles. The summed E-state index contributed by atoms with van der Waals surface area (Å²) >= 11 is 0. The minimum absolute atomic E-state index is 0.123. The Bertz CT molecular complexity index is 718. The molecule has 2 aromatic rings. The number of carbonyl (C=O) groups is 1. The number of halogens is 1. The molecule has 0 atom stereocenters. The molecule has 0 aliphatic carbocycles. The molecular weight excluding hydrogens is 323 g/mol. The van der Waals surface area contributed by atoms with Gasteiger partial charge in [0.25, 0.3) is 5.91 Å². The highest BCUT2D eigenvalue weighted by molar-refractivity contribution is 5.92. The molecule has 1 saturated heterocycles. The SMILES string of the molecule is COc1ccc(CN2CCC(NC(=O)c3cnccn3)CC2)cc1F. The van der Waals surface area contributed by atoms with Crippen molar-refractivity contribution in [2.75, 3.05) is 20.2 Å². The molecule has 1 aliphatic heterocycles. The largest absolute Gasteiger partial charge is 0.494 e. The molecule has 6 nitrogen and oxygen atoms in total. The Kier molecular flexibility index (Phi) is 5.55. The van der Waals surface area contributed by atoms with Gasteiger partial charge in [0.1, 0.15) is 5.69 Å². The van der Waals surface area contributed by atoms with Crippen LogP contribution in [0.3, 0.4) is 0 Å². The average Bonchev–Trinajstić information content (AvgIpc) is 2.64. The van der Waals surface area contributed by atoms with E-state index in [0.717, 1.165) is 31.5 Å². The van der Waals surface area contributed by atoms with Crippen LogP contribution in [0.15, 0.2) is 36.8 Å². The third-order valence-corrected chi connectivity index (χ3v) is 4.34. The van der Waals surface area contributed by atoms with Crippen molar-refractivity contribution in [1.82, 2.24) is 20.2 Å². The van der Waals surface area contributed by atoms with Crippen LogP contribution >= 0.6 is 0 Å². The number of benzene rings is 1. The minimum atomic E-state index is -0.342. The number of ether oxygens (including phenoxy) is 1. The zero-order valence-corrected chi connectivity index (χ0v) is 14.1. The minimum Gasteiger partial charge on any atom is -0.494 e. The van der Waals surface area contributed by atoms with Gasteiger partial charge in [-0.15, -0.1) is 0 Å². The summed E-state index contributed by atoms with van der Waals surface area (Å²) in [5.74, 6) is -0.274. The van der Waals surface area contributed by atoms with Gasteiger partial charge in [-0.3, -0.25) is 14.7 Å². The predicted octanol–water partition coefficient (Wildman–Crippen LogP) is 2.02. The predicted molar refractivity (Wildman–Crippen MR) is 90.7 cm³/mol. The van der Waals surface area contributed by atoms with Crippen molar-refractivity contribution in [2.24, 2.45) is 0 Å². The highest BCUT2D eigenvalue weighted by Crippen LogP contribution is 2.20. The van der Waals surface area contributed by atoms with Gasteiger partial charge in [-0.2, -0.15) is 0 Å². The number of aromatic nitrogens is 2. The first-order valence-corrected chi connectivity index (χ1v) is 8.27. The summed E-state index contributed by atoms with van der Waals surface area (Å²) in [6, 6.07) is 5.17. The summed E-state index contributed by atoms with van der Waals surface area (Å²) < 4.78 is 18.7. The van der Waals surface area contributed by atoms with E-state index in [0.29, 0.717) is 12.2 Å². The van der Waals surface area contributed by atoms with Gasteiger partial charge in [-0.1, -0.05) is 6.07 Å². The third-order valence-electron chi connectivity index (χ3n) is 4.34. The highest BCUT2D eigenvalue weighted by atomic mass is 19.1. The number of rotatable bonds is 5. The molecule has 1 amide bonds. The lowest BCUT2D eigenvalue weighted by Crippen LogP contribution is -2.44. The number of nitrogens with one attached hydrogen (secondary N) is 1. The molecule has 0 radical (unpaired) electrons. The Balaban J connectivity index is 1.49. The fraction of sp³-hybridized carbons (Fsp3) is 0.389. The van der Waals surface area contributed by atoms with Crippen molar-refractivity contribution in [3.8, 4) is 5.75 Å².